The quantitative estimate of drug-likeness (QED) is 0.520. The van der Waals surface area contributed by atoms with Crippen LogP contribution >= 0.6 is 23.2 Å². The third-order valence-corrected chi connectivity index (χ3v) is 6.18. The normalized spacial score (nSPS) is 11.3. The fourth-order valence-electron chi connectivity index (χ4n) is 2.06. The van der Waals surface area contributed by atoms with Gasteiger partial charge >= 0.3 is 5.97 Å². The zero-order valence-electron chi connectivity index (χ0n) is 14.9. The minimum atomic E-state index is -3.79. The number of sulfonamides is 1. The molecule has 28 heavy (non-hydrogen) atoms. The van der Waals surface area contributed by atoms with Gasteiger partial charge < -0.3 is 15.8 Å². The lowest BCUT2D eigenvalue weighted by atomic mass is 10.2. The molecule has 0 heterocycles. The van der Waals surface area contributed by atoms with E-state index in [-0.39, 0.29) is 26.9 Å². The molecule has 0 fully saturated rings. The third-order valence-electron chi connectivity index (χ3n) is 3.54. The number of ether oxygens (including phenoxy) is 1. The number of nitrogens with one attached hydrogen (secondary N) is 1. The molecule has 0 saturated heterocycles. The van der Waals surface area contributed by atoms with Crippen molar-refractivity contribution in [2.75, 3.05) is 31.8 Å². The van der Waals surface area contributed by atoms with E-state index in [9.17, 15) is 18.0 Å². The number of rotatable bonds is 6. The van der Waals surface area contributed by atoms with Crippen molar-refractivity contribution in [3.8, 4) is 0 Å². The Hall–Kier alpha value is -2.33. The molecule has 8 nitrogen and oxygen atoms in total. The molecule has 0 saturated carbocycles. The zero-order valence-corrected chi connectivity index (χ0v) is 17.2. The molecule has 3 N–H and O–H groups in total. The van der Waals surface area contributed by atoms with Crippen molar-refractivity contribution in [1.82, 2.24) is 4.31 Å². The fraction of sp³-hybridized carbons (Fsp3) is 0.176. The standard InChI is InChI=1S/C17H17Cl2N3O5S/c1-22(2)28(25,26)15-8-11(4-6-13(15)19)21-16(23)9-27-17(24)10-3-5-12(18)14(20)7-10/h3-8H,9,20H2,1-2H3,(H,21,23). The number of nitrogen functional groups attached to an aromatic ring is 1. The largest absolute Gasteiger partial charge is 0.452 e. The maximum absolute atomic E-state index is 12.3. The second-order valence-electron chi connectivity index (χ2n) is 5.79. The van der Waals surface area contributed by atoms with Crippen molar-refractivity contribution >= 4 is 56.5 Å². The Morgan fingerprint density at radius 3 is 2.36 bits per heavy atom. The molecule has 0 bridgehead atoms. The second-order valence-corrected chi connectivity index (χ2v) is 8.73. The van der Waals surface area contributed by atoms with Crippen LogP contribution in [-0.4, -0.2) is 45.3 Å². The first kappa shape index (κ1) is 22.0. The summed E-state index contributed by atoms with van der Waals surface area (Å²) in [7, 11) is -1.07. The summed E-state index contributed by atoms with van der Waals surface area (Å²) in [6, 6.07) is 8.18. The van der Waals surface area contributed by atoms with E-state index < -0.39 is 28.5 Å². The molecule has 11 heteroatoms. The summed E-state index contributed by atoms with van der Waals surface area (Å²) in [4.78, 5) is 23.8. The molecule has 0 aliphatic heterocycles. The minimum Gasteiger partial charge on any atom is -0.452 e. The van der Waals surface area contributed by atoms with E-state index in [1.54, 1.807) is 0 Å². The summed E-state index contributed by atoms with van der Waals surface area (Å²) in [6.07, 6.45) is 0. The van der Waals surface area contributed by atoms with Gasteiger partial charge in [0.05, 0.1) is 21.3 Å². The van der Waals surface area contributed by atoms with Gasteiger partial charge in [-0.3, -0.25) is 4.79 Å². The first-order valence-corrected chi connectivity index (χ1v) is 9.96. The molecule has 2 aromatic rings. The van der Waals surface area contributed by atoms with Crippen molar-refractivity contribution in [3.63, 3.8) is 0 Å². The number of nitrogens with zero attached hydrogens (tertiary/aromatic N) is 1. The SMILES string of the molecule is CN(C)S(=O)(=O)c1cc(NC(=O)COC(=O)c2ccc(Cl)c(N)c2)ccc1Cl. The van der Waals surface area contributed by atoms with Gasteiger partial charge in [-0.15, -0.1) is 0 Å². The summed E-state index contributed by atoms with van der Waals surface area (Å²) >= 11 is 11.7. The summed E-state index contributed by atoms with van der Waals surface area (Å²) in [6.45, 7) is -0.584. The number of benzene rings is 2. The maximum Gasteiger partial charge on any atom is 0.338 e. The molecule has 1 amide bonds. The third kappa shape index (κ3) is 5.14. The Morgan fingerprint density at radius 1 is 1.11 bits per heavy atom. The van der Waals surface area contributed by atoms with E-state index in [0.717, 1.165) is 4.31 Å². The number of hydrogen-bond acceptors (Lipinski definition) is 6. The second kappa shape index (κ2) is 8.78. The van der Waals surface area contributed by atoms with Crippen molar-refractivity contribution in [1.29, 1.82) is 0 Å². The zero-order chi connectivity index (χ0) is 21.1. The van der Waals surface area contributed by atoms with Crippen LogP contribution in [0.4, 0.5) is 11.4 Å². The van der Waals surface area contributed by atoms with E-state index in [4.69, 9.17) is 33.7 Å². The highest BCUT2D eigenvalue weighted by Gasteiger charge is 2.21. The van der Waals surface area contributed by atoms with Gasteiger partial charge in [-0.2, -0.15) is 0 Å². The predicted molar refractivity (Wildman–Crippen MR) is 107 cm³/mol. The number of halogens is 2. The number of hydrogen-bond donors (Lipinski definition) is 2. The van der Waals surface area contributed by atoms with E-state index >= 15 is 0 Å². The van der Waals surface area contributed by atoms with Crippen LogP contribution in [0.25, 0.3) is 0 Å². The molecule has 0 atom stereocenters. The molecule has 0 aliphatic carbocycles. The van der Waals surface area contributed by atoms with Gasteiger partial charge in [0.1, 0.15) is 4.90 Å². The van der Waals surface area contributed by atoms with Gasteiger partial charge in [0.15, 0.2) is 6.61 Å². The first-order valence-electron chi connectivity index (χ1n) is 7.76. The molecule has 0 spiro atoms. The lowest BCUT2D eigenvalue weighted by Gasteiger charge is -2.14. The highest BCUT2D eigenvalue weighted by Crippen LogP contribution is 2.27. The van der Waals surface area contributed by atoms with Gasteiger partial charge in [0.2, 0.25) is 10.0 Å². The summed E-state index contributed by atoms with van der Waals surface area (Å²) in [5.74, 6) is -1.42. The topological polar surface area (TPSA) is 119 Å². The Kier molecular flexibility index (Phi) is 6.89. The smallest absolute Gasteiger partial charge is 0.338 e. The molecule has 2 rings (SSSR count). The number of carbonyl (C=O) groups excluding carboxylic acids is 2. The Morgan fingerprint density at radius 2 is 1.75 bits per heavy atom. The predicted octanol–water partition coefficient (Wildman–Crippen LogP) is 2.62. The average molecular weight is 446 g/mol. The van der Waals surface area contributed by atoms with Crippen LogP contribution in [0.3, 0.4) is 0 Å². The molecule has 0 radical (unpaired) electrons. The molecule has 0 aromatic heterocycles. The van der Waals surface area contributed by atoms with Crippen LogP contribution in [0.5, 0.6) is 0 Å². The Balaban J connectivity index is 2.05. The lowest BCUT2D eigenvalue weighted by Crippen LogP contribution is -2.23. The van der Waals surface area contributed by atoms with Gasteiger partial charge in [-0.25, -0.2) is 17.5 Å². The van der Waals surface area contributed by atoms with Gasteiger partial charge in [-0.1, -0.05) is 23.2 Å². The summed E-state index contributed by atoms with van der Waals surface area (Å²) in [5.41, 5.74) is 6.14. The van der Waals surface area contributed by atoms with E-state index in [0.29, 0.717) is 5.02 Å². The fourth-order valence-corrected chi connectivity index (χ4v) is 3.57. The number of carbonyl (C=O) groups is 2. The van der Waals surface area contributed by atoms with Crippen LogP contribution in [0, 0.1) is 0 Å². The van der Waals surface area contributed by atoms with Crippen LogP contribution in [-0.2, 0) is 19.6 Å². The van der Waals surface area contributed by atoms with E-state index in [1.807, 2.05) is 0 Å². The molecule has 0 unspecified atom stereocenters. The first-order chi connectivity index (χ1) is 13.0. The van der Waals surface area contributed by atoms with Crippen molar-refractivity contribution in [2.24, 2.45) is 0 Å². The maximum atomic E-state index is 12.3. The number of nitrogens with two attached hydrogens (primary N) is 1. The summed E-state index contributed by atoms with van der Waals surface area (Å²) in [5, 5.41) is 2.75. The Bertz CT molecular complexity index is 1030. The highest BCUT2D eigenvalue weighted by molar-refractivity contribution is 7.89. The summed E-state index contributed by atoms with van der Waals surface area (Å²) < 4.78 is 30.4. The van der Waals surface area contributed by atoms with Crippen molar-refractivity contribution < 1.29 is 22.7 Å². The number of esters is 1. The lowest BCUT2D eigenvalue weighted by molar-refractivity contribution is -0.119. The van der Waals surface area contributed by atoms with Gasteiger partial charge in [0, 0.05) is 19.8 Å². The minimum absolute atomic E-state index is 0.0125. The van der Waals surface area contributed by atoms with Gasteiger partial charge in [0.25, 0.3) is 5.91 Å². The van der Waals surface area contributed by atoms with Crippen LogP contribution in [0.15, 0.2) is 41.3 Å². The van der Waals surface area contributed by atoms with Crippen LogP contribution in [0.1, 0.15) is 10.4 Å². The van der Waals surface area contributed by atoms with E-state index in [2.05, 4.69) is 5.32 Å². The van der Waals surface area contributed by atoms with Gasteiger partial charge in [-0.05, 0) is 36.4 Å². The molecule has 2 aromatic carbocycles. The van der Waals surface area contributed by atoms with Crippen LogP contribution < -0.4 is 11.1 Å². The van der Waals surface area contributed by atoms with Crippen molar-refractivity contribution in [2.45, 2.75) is 4.90 Å². The highest BCUT2D eigenvalue weighted by atomic mass is 35.5. The average Bonchev–Trinajstić information content (AvgIpc) is 2.63. The number of anilines is 2. The van der Waals surface area contributed by atoms with E-state index in [1.165, 1.54) is 50.5 Å². The van der Waals surface area contributed by atoms with Crippen LogP contribution in [0.2, 0.25) is 10.0 Å². The molecule has 150 valence electrons. The molecule has 0 aliphatic rings. The van der Waals surface area contributed by atoms with Crippen molar-refractivity contribution in [3.05, 3.63) is 52.0 Å². The number of amides is 1. The molecular weight excluding hydrogens is 429 g/mol. The Labute approximate surface area is 172 Å². The monoisotopic (exact) mass is 445 g/mol. The molecular formula is C17H17Cl2N3O5S.